The topological polar surface area (TPSA) is 116 Å². The molecule has 0 spiro atoms. The quantitative estimate of drug-likeness (QED) is 0.564. The number of benzene rings is 2. The molecule has 0 bridgehead atoms. The van der Waals surface area contributed by atoms with Gasteiger partial charge in [0.25, 0.3) is 5.91 Å². The molecule has 8 heteroatoms. The van der Waals surface area contributed by atoms with Gasteiger partial charge >= 0.3 is 11.9 Å². The number of hydrogen-bond acceptors (Lipinski definition) is 7. The van der Waals surface area contributed by atoms with Crippen LogP contribution in [0.25, 0.3) is 0 Å². The van der Waals surface area contributed by atoms with Crippen molar-refractivity contribution in [2.45, 2.75) is 26.3 Å². The maximum atomic E-state index is 13.0. The Bertz CT molecular complexity index is 1100. The summed E-state index contributed by atoms with van der Waals surface area (Å²) in [6, 6.07) is 9.83. The summed E-state index contributed by atoms with van der Waals surface area (Å²) < 4.78 is 9.77. The van der Waals surface area contributed by atoms with Crippen molar-refractivity contribution < 1.29 is 33.4 Å². The number of methoxy groups -OCH3 is 1. The summed E-state index contributed by atoms with van der Waals surface area (Å²) in [5.74, 6) is -2.92. The van der Waals surface area contributed by atoms with Crippen LogP contribution in [0.2, 0.25) is 0 Å². The van der Waals surface area contributed by atoms with Gasteiger partial charge in [-0.3, -0.25) is 14.4 Å². The zero-order valence-electron chi connectivity index (χ0n) is 18.0. The van der Waals surface area contributed by atoms with Crippen LogP contribution in [-0.4, -0.2) is 49.2 Å². The van der Waals surface area contributed by atoms with E-state index < -0.39 is 36.3 Å². The molecule has 1 N–H and O–H groups in total. The summed E-state index contributed by atoms with van der Waals surface area (Å²) in [7, 11) is 1.22. The fourth-order valence-corrected chi connectivity index (χ4v) is 3.59. The van der Waals surface area contributed by atoms with Crippen molar-refractivity contribution in [3.63, 3.8) is 0 Å². The van der Waals surface area contributed by atoms with Gasteiger partial charge in [0.05, 0.1) is 12.7 Å². The van der Waals surface area contributed by atoms with Crippen LogP contribution in [0.15, 0.2) is 42.5 Å². The minimum atomic E-state index is -0.920. The van der Waals surface area contributed by atoms with Gasteiger partial charge in [-0.05, 0) is 18.4 Å². The lowest BCUT2D eigenvalue weighted by atomic mass is 9.82. The molecule has 0 saturated heterocycles. The van der Waals surface area contributed by atoms with Crippen LogP contribution < -0.4 is 5.32 Å². The molecule has 1 aliphatic carbocycles. The van der Waals surface area contributed by atoms with Crippen LogP contribution in [0, 0.1) is 5.92 Å². The van der Waals surface area contributed by atoms with Crippen molar-refractivity contribution in [1.29, 1.82) is 0 Å². The standard InChI is InChI=1S/C24H23NO7/c1-13(2)11-18(24(30)31-3)25-19(26)12-32-23(29)17-10-6-9-16-20(17)22(28)15-8-5-4-7-14(15)21(16)27/h4-10,13,18H,11-12H2,1-3H3,(H,25,26). The first kappa shape index (κ1) is 22.9. The Morgan fingerprint density at radius 1 is 0.906 bits per heavy atom. The van der Waals surface area contributed by atoms with Crippen molar-refractivity contribution in [3.05, 3.63) is 70.3 Å². The lowest BCUT2D eigenvalue weighted by molar-refractivity contribution is -0.145. The minimum Gasteiger partial charge on any atom is -0.467 e. The van der Waals surface area contributed by atoms with Gasteiger partial charge in [0.15, 0.2) is 18.2 Å². The van der Waals surface area contributed by atoms with E-state index in [9.17, 15) is 24.0 Å². The largest absolute Gasteiger partial charge is 0.467 e. The summed E-state index contributed by atoms with van der Waals surface area (Å²) in [5, 5.41) is 2.49. The van der Waals surface area contributed by atoms with E-state index in [1.165, 1.54) is 31.4 Å². The number of hydrogen-bond donors (Lipinski definition) is 1. The third kappa shape index (κ3) is 4.59. The second-order valence-corrected chi connectivity index (χ2v) is 7.78. The summed E-state index contributed by atoms with van der Waals surface area (Å²) in [6.07, 6.45) is 0.356. The van der Waals surface area contributed by atoms with E-state index in [2.05, 4.69) is 5.32 Å². The summed E-state index contributed by atoms with van der Waals surface area (Å²) >= 11 is 0. The van der Waals surface area contributed by atoms with Crippen LogP contribution in [-0.2, 0) is 19.1 Å². The number of rotatable bonds is 7. The summed E-state index contributed by atoms with van der Waals surface area (Å²) in [5.41, 5.74) is 0.436. The summed E-state index contributed by atoms with van der Waals surface area (Å²) in [4.78, 5) is 62.5. The normalized spacial score (nSPS) is 13.1. The van der Waals surface area contributed by atoms with Gasteiger partial charge in [-0.15, -0.1) is 0 Å². The highest BCUT2D eigenvalue weighted by molar-refractivity contribution is 6.30. The molecule has 0 aliphatic heterocycles. The molecule has 2 aromatic rings. The SMILES string of the molecule is COC(=O)C(CC(C)C)NC(=O)COC(=O)c1cccc2c1C(=O)c1ccccc1C2=O. The third-order valence-corrected chi connectivity index (χ3v) is 5.03. The number of nitrogens with one attached hydrogen (secondary N) is 1. The Morgan fingerprint density at radius 3 is 2.16 bits per heavy atom. The molecule has 2 aromatic carbocycles. The first-order valence-electron chi connectivity index (χ1n) is 10.1. The number of ether oxygens (including phenoxy) is 2. The Hall–Kier alpha value is -3.81. The number of fused-ring (bicyclic) bond motifs is 2. The minimum absolute atomic E-state index is 0.0474. The van der Waals surface area contributed by atoms with Gasteiger partial charge in [-0.25, -0.2) is 9.59 Å². The number of esters is 2. The maximum absolute atomic E-state index is 13.0. The van der Waals surface area contributed by atoms with E-state index in [-0.39, 0.29) is 39.5 Å². The van der Waals surface area contributed by atoms with Gasteiger partial charge in [0, 0.05) is 22.3 Å². The average Bonchev–Trinajstić information content (AvgIpc) is 2.79. The molecule has 8 nitrogen and oxygen atoms in total. The molecule has 1 amide bonds. The van der Waals surface area contributed by atoms with Crippen molar-refractivity contribution in [2.24, 2.45) is 5.92 Å². The van der Waals surface area contributed by atoms with Crippen molar-refractivity contribution in [3.8, 4) is 0 Å². The average molecular weight is 437 g/mol. The Labute approximate surface area is 184 Å². The highest BCUT2D eigenvalue weighted by atomic mass is 16.5. The first-order chi connectivity index (χ1) is 15.2. The molecule has 1 aliphatic rings. The molecule has 0 aromatic heterocycles. The van der Waals surface area contributed by atoms with Crippen molar-refractivity contribution in [2.75, 3.05) is 13.7 Å². The van der Waals surface area contributed by atoms with E-state index in [0.717, 1.165) is 0 Å². The Kier molecular flexibility index (Phi) is 6.82. The van der Waals surface area contributed by atoms with E-state index >= 15 is 0 Å². The Balaban J connectivity index is 1.76. The second-order valence-electron chi connectivity index (χ2n) is 7.78. The van der Waals surface area contributed by atoms with Crippen LogP contribution >= 0.6 is 0 Å². The zero-order valence-corrected chi connectivity index (χ0v) is 18.0. The van der Waals surface area contributed by atoms with Crippen molar-refractivity contribution in [1.82, 2.24) is 5.32 Å². The molecule has 32 heavy (non-hydrogen) atoms. The number of carbonyl (C=O) groups is 5. The third-order valence-electron chi connectivity index (χ3n) is 5.03. The smallest absolute Gasteiger partial charge is 0.339 e. The lowest BCUT2D eigenvalue weighted by Gasteiger charge is -2.20. The monoisotopic (exact) mass is 437 g/mol. The van der Waals surface area contributed by atoms with E-state index in [1.54, 1.807) is 18.2 Å². The predicted octanol–water partition coefficient (Wildman–Crippen LogP) is 2.32. The highest BCUT2D eigenvalue weighted by Gasteiger charge is 2.33. The Morgan fingerprint density at radius 2 is 1.53 bits per heavy atom. The molecule has 0 fully saturated rings. The second kappa shape index (κ2) is 9.55. The molecule has 0 heterocycles. The van der Waals surface area contributed by atoms with Gasteiger partial charge in [-0.2, -0.15) is 0 Å². The number of ketones is 2. The predicted molar refractivity (Wildman–Crippen MR) is 113 cm³/mol. The van der Waals surface area contributed by atoms with Gasteiger partial charge < -0.3 is 14.8 Å². The molecule has 166 valence electrons. The van der Waals surface area contributed by atoms with Crippen molar-refractivity contribution >= 4 is 29.4 Å². The molecular weight excluding hydrogens is 414 g/mol. The first-order valence-corrected chi connectivity index (χ1v) is 10.1. The summed E-state index contributed by atoms with van der Waals surface area (Å²) in [6.45, 7) is 3.11. The van der Waals surface area contributed by atoms with Gasteiger partial charge in [0.1, 0.15) is 6.04 Å². The van der Waals surface area contributed by atoms with Crippen LogP contribution in [0.4, 0.5) is 0 Å². The molecule has 1 unspecified atom stereocenters. The van der Waals surface area contributed by atoms with Crippen LogP contribution in [0.3, 0.4) is 0 Å². The van der Waals surface area contributed by atoms with Gasteiger partial charge in [-0.1, -0.05) is 50.2 Å². The molecule has 0 radical (unpaired) electrons. The molecule has 1 atom stereocenters. The molecular formula is C24H23NO7. The highest BCUT2D eigenvalue weighted by Crippen LogP contribution is 2.29. The zero-order chi connectivity index (χ0) is 23.4. The number of amides is 1. The molecule has 3 rings (SSSR count). The van der Waals surface area contributed by atoms with Crippen LogP contribution in [0.5, 0.6) is 0 Å². The van der Waals surface area contributed by atoms with E-state index in [4.69, 9.17) is 9.47 Å². The molecule has 0 saturated carbocycles. The maximum Gasteiger partial charge on any atom is 0.339 e. The fraction of sp³-hybridized carbons (Fsp3) is 0.292. The van der Waals surface area contributed by atoms with E-state index in [1.807, 2.05) is 13.8 Å². The van der Waals surface area contributed by atoms with Crippen LogP contribution in [0.1, 0.15) is 62.5 Å². The lowest BCUT2D eigenvalue weighted by Crippen LogP contribution is -2.44. The van der Waals surface area contributed by atoms with E-state index in [0.29, 0.717) is 6.42 Å². The van der Waals surface area contributed by atoms with Gasteiger partial charge in [0.2, 0.25) is 0 Å². The fourth-order valence-electron chi connectivity index (χ4n) is 3.59. The number of carbonyl (C=O) groups excluding carboxylic acids is 5.